The van der Waals surface area contributed by atoms with E-state index in [0.717, 1.165) is 18.6 Å². The van der Waals surface area contributed by atoms with Gasteiger partial charge in [0, 0.05) is 12.4 Å². The average Bonchev–Trinajstić information content (AvgIpc) is 2.64. The molecule has 0 aromatic heterocycles. The molecule has 0 radical (unpaired) electrons. The number of hydrogen-bond acceptors (Lipinski definition) is 6. The molecule has 0 spiro atoms. The molecule has 1 aromatic rings. The molecule has 0 aliphatic heterocycles. The number of rotatable bonds is 14. The molecule has 160 valence electrons. The quantitative estimate of drug-likeness (QED) is 0.299. The third-order valence-corrected chi connectivity index (χ3v) is 4.87. The first-order chi connectivity index (χ1) is 13.2. The molecule has 0 N–H and O–H groups in total. The summed E-state index contributed by atoms with van der Waals surface area (Å²) in [7, 11) is 0. The van der Waals surface area contributed by atoms with E-state index in [1.165, 1.54) is 17.3 Å². The lowest BCUT2D eigenvalue weighted by molar-refractivity contribution is -0.0856. The lowest BCUT2D eigenvalue weighted by Gasteiger charge is -2.30. The van der Waals surface area contributed by atoms with Crippen LogP contribution in [0, 0.1) is 0 Å². The van der Waals surface area contributed by atoms with Crippen molar-refractivity contribution < 1.29 is 23.7 Å². The molecule has 0 aliphatic rings. The van der Waals surface area contributed by atoms with Crippen molar-refractivity contribution in [2.24, 2.45) is 0 Å². The van der Waals surface area contributed by atoms with Crippen molar-refractivity contribution in [2.75, 3.05) is 32.2 Å². The summed E-state index contributed by atoms with van der Waals surface area (Å²) in [4.78, 5) is 11.2. The summed E-state index contributed by atoms with van der Waals surface area (Å²) >= 11 is 1.17. The van der Waals surface area contributed by atoms with Crippen LogP contribution in [0.2, 0.25) is 0 Å². The second-order valence-corrected chi connectivity index (χ2v) is 8.99. The summed E-state index contributed by atoms with van der Waals surface area (Å²) in [5.41, 5.74) is 0.653. The highest BCUT2D eigenvalue weighted by Crippen LogP contribution is 2.21. The molecule has 0 saturated carbocycles. The minimum Gasteiger partial charge on any atom is -0.455 e. The first-order valence-electron chi connectivity index (χ1n) is 9.93. The normalized spacial score (nSPS) is 12.2. The van der Waals surface area contributed by atoms with E-state index in [1.807, 2.05) is 25.1 Å². The van der Waals surface area contributed by atoms with Gasteiger partial charge in [0.25, 0.3) is 0 Å². The predicted octanol–water partition coefficient (Wildman–Crippen LogP) is 5.46. The molecular weight excluding hydrogens is 376 g/mol. The van der Waals surface area contributed by atoms with Crippen LogP contribution < -0.4 is 0 Å². The summed E-state index contributed by atoms with van der Waals surface area (Å²) < 4.78 is 22.7. The molecule has 1 rings (SSSR count). The monoisotopic (exact) mass is 412 g/mol. The minimum atomic E-state index is -0.274. The highest BCUT2D eigenvalue weighted by Gasteiger charge is 2.22. The van der Waals surface area contributed by atoms with Crippen molar-refractivity contribution in [2.45, 2.75) is 65.3 Å². The van der Waals surface area contributed by atoms with Gasteiger partial charge in [-0.2, -0.15) is 0 Å². The highest BCUT2D eigenvalue weighted by molar-refractivity contribution is 8.13. The van der Waals surface area contributed by atoms with E-state index < -0.39 is 0 Å². The summed E-state index contributed by atoms with van der Waals surface area (Å²) in [5.74, 6) is 0.722. The Morgan fingerprint density at radius 1 is 0.893 bits per heavy atom. The molecule has 0 amide bonds. The van der Waals surface area contributed by atoms with Gasteiger partial charge in [0.05, 0.1) is 31.0 Å². The van der Waals surface area contributed by atoms with Crippen molar-refractivity contribution in [1.29, 1.82) is 0 Å². The first-order valence-corrected chi connectivity index (χ1v) is 10.9. The van der Waals surface area contributed by atoms with Gasteiger partial charge in [0.15, 0.2) is 0 Å². The second-order valence-electron chi connectivity index (χ2n) is 7.79. The van der Waals surface area contributed by atoms with Crippen LogP contribution in [0.15, 0.2) is 30.3 Å². The Kier molecular flexibility index (Phi) is 11.8. The fourth-order valence-corrected chi connectivity index (χ4v) is 2.74. The van der Waals surface area contributed by atoms with E-state index in [1.54, 1.807) is 0 Å². The standard InChI is InChI=1S/C22H36O5S/c1-6-28-20(23)25-17-16-24-14-12-21(2,3)26-15-13-22(4,5)27-18-19-10-8-7-9-11-19/h7-11H,6,12-18H2,1-5H3. The van der Waals surface area contributed by atoms with E-state index in [2.05, 4.69) is 39.8 Å². The maximum Gasteiger partial charge on any atom is 0.367 e. The molecule has 0 atom stereocenters. The number of thioether (sulfide) groups is 1. The van der Waals surface area contributed by atoms with Crippen molar-refractivity contribution in [3.63, 3.8) is 0 Å². The SMILES string of the molecule is CCSC(=O)OCCOCCC(C)(C)OCCC(C)(C)OCc1ccccc1. The molecule has 1 aromatic carbocycles. The lowest BCUT2D eigenvalue weighted by atomic mass is 10.0. The zero-order chi connectivity index (χ0) is 20.9. The number of carbonyl (C=O) groups is 1. The molecule has 0 fully saturated rings. The lowest BCUT2D eigenvalue weighted by Crippen LogP contribution is -2.31. The van der Waals surface area contributed by atoms with Gasteiger partial charge in [0.1, 0.15) is 6.61 Å². The Morgan fingerprint density at radius 2 is 1.54 bits per heavy atom. The zero-order valence-electron chi connectivity index (χ0n) is 18.0. The molecule has 0 unspecified atom stereocenters. The number of carbonyl (C=O) groups excluding carboxylic acids is 1. The van der Waals surface area contributed by atoms with Crippen LogP contribution in [-0.4, -0.2) is 48.7 Å². The summed E-state index contributed by atoms with van der Waals surface area (Å²) in [6.45, 7) is 12.7. The molecule has 6 heteroatoms. The van der Waals surface area contributed by atoms with E-state index >= 15 is 0 Å². The molecular formula is C22H36O5S. The molecule has 0 aliphatic carbocycles. The van der Waals surface area contributed by atoms with Crippen molar-refractivity contribution in [1.82, 2.24) is 0 Å². The maximum atomic E-state index is 11.2. The fourth-order valence-electron chi connectivity index (χ4n) is 2.33. The third kappa shape index (κ3) is 12.4. The molecule has 0 heterocycles. The third-order valence-electron chi connectivity index (χ3n) is 4.23. The van der Waals surface area contributed by atoms with E-state index in [4.69, 9.17) is 18.9 Å². The van der Waals surface area contributed by atoms with Crippen LogP contribution in [0.4, 0.5) is 4.79 Å². The molecule has 28 heavy (non-hydrogen) atoms. The Morgan fingerprint density at radius 3 is 2.21 bits per heavy atom. The van der Waals surface area contributed by atoms with Crippen LogP contribution in [0.5, 0.6) is 0 Å². The minimum absolute atomic E-state index is 0.244. The van der Waals surface area contributed by atoms with Crippen LogP contribution in [0.1, 0.15) is 53.0 Å². The molecule has 0 bridgehead atoms. The number of hydrogen-bond donors (Lipinski definition) is 0. The molecule has 0 saturated heterocycles. The predicted molar refractivity (Wildman–Crippen MR) is 115 cm³/mol. The fraction of sp³-hybridized carbons (Fsp3) is 0.682. The average molecular weight is 413 g/mol. The van der Waals surface area contributed by atoms with Gasteiger partial charge in [0.2, 0.25) is 0 Å². The Balaban J connectivity index is 2.14. The number of ether oxygens (including phenoxy) is 4. The first kappa shape index (κ1) is 25.0. The summed E-state index contributed by atoms with van der Waals surface area (Å²) in [6, 6.07) is 10.2. The van der Waals surface area contributed by atoms with Gasteiger partial charge in [-0.15, -0.1) is 0 Å². The van der Waals surface area contributed by atoms with E-state index in [0.29, 0.717) is 33.0 Å². The van der Waals surface area contributed by atoms with E-state index in [9.17, 15) is 4.79 Å². The topological polar surface area (TPSA) is 54.0 Å². The highest BCUT2D eigenvalue weighted by atomic mass is 32.2. The van der Waals surface area contributed by atoms with Crippen molar-refractivity contribution in [3.05, 3.63) is 35.9 Å². The Hall–Kier alpha value is -1.08. The van der Waals surface area contributed by atoms with Gasteiger partial charge in [-0.3, -0.25) is 0 Å². The van der Waals surface area contributed by atoms with Gasteiger partial charge in [-0.05, 0) is 57.9 Å². The second kappa shape index (κ2) is 13.2. The van der Waals surface area contributed by atoms with Gasteiger partial charge in [-0.1, -0.05) is 37.3 Å². The Labute approximate surface area is 174 Å². The molecule has 5 nitrogen and oxygen atoms in total. The smallest absolute Gasteiger partial charge is 0.367 e. The Bertz CT molecular complexity index is 545. The van der Waals surface area contributed by atoms with Crippen LogP contribution in [0.25, 0.3) is 0 Å². The summed E-state index contributed by atoms with van der Waals surface area (Å²) in [6.07, 6.45) is 1.59. The van der Waals surface area contributed by atoms with Crippen LogP contribution in [-0.2, 0) is 25.6 Å². The van der Waals surface area contributed by atoms with E-state index in [-0.39, 0.29) is 16.5 Å². The zero-order valence-corrected chi connectivity index (χ0v) is 18.8. The van der Waals surface area contributed by atoms with Crippen LogP contribution >= 0.6 is 11.8 Å². The van der Waals surface area contributed by atoms with Gasteiger partial charge >= 0.3 is 5.30 Å². The van der Waals surface area contributed by atoms with Gasteiger partial charge < -0.3 is 18.9 Å². The summed E-state index contributed by atoms with van der Waals surface area (Å²) in [5, 5.41) is -0.244. The van der Waals surface area contributed by atoms with Crippen molar-refractivity contribution >= 4 is 17.1 Å². The van der Waals surface area contributed by atoms with Crippen molar-refractivity contribution in [3.8, 4) is 0 Å². The maximum absolute atomic E-state index is 11.2. The largest absolute Gasteiger partial charge is 0.455 e. The van der Waals surface area contributed by atoms with Crippen LogP contribution in [0.3, 0.4) is 0 Å². The number of benzene rings is 1. The van der Waals surface area contributed by atoms with Gasteiger partial charge in [-0.25, -0.2) is 4.79 Å².